The van der Waals surface area contributed by atoms with E-state index in [4.69, 9.17) is 4.74 Å². The molecule has 0 amide bonds. The Bertz CT molecular complexity index is 1190. The largest absolute Gasteiger partial charge is 0.442 e. The first-order valence-electron chi connectivity index (χ1n) is 11.2. The van der Waals surface area contributed by atoms with Crippen LogP contribution in [0.1, 0.15) is 47.5 Å². The molecule has 2 heterocycles. The van der Waals surface area contributed by atoms with Crippen molar-refractivity contribution in [3.8, 4) is 0 Å². The molecule has 2 unspecified atom stereocenters. The minimum absolute atomic E-state index is 0.240. The molecule has 7 heteroatoms. The van der Waals surface area contributed by atoms with Gasteiger partial charge in [-0.25, -0.2) is 9.48 Å². The molecule has 1 aliphatic rings. The van der Waals surface area contributed by atoms with E-state index in [-0.39, 0.29) is 5.56 Å². The molecule has 170 valence electrons. The summed E-state index contributed by atoms with van der Waals surface area (Å²) in [7, 11) is 1.57. The minimum Gasteiger partial charge on any atom is -0.442 e. The quantitative estimate of drug-likeness (QED) is 0.608. The molecule has 1 aromatic heterocycles. The first-order valence-corrected chi connectivity index (χ1v) is 11.2. The van der Waals surface area contributed by atoms with Crippen molar-refractivity contribution in [2.24, 2.45) is 7.05 Å². The molecular weight excluding hydrogens is 404 g/mol. The third-order valence-corrected chi connectivity index (χ3v) is 6.02. The maximum atomic E-state index is 12.8. The minimum atomic E-state index is -0.661. The van der Waals surface area contributed by atoms with Crippen molar-refractivity contribution in [1.29, 1.82) is 0 Å². The zero-order valence-electron chi connectivity index (χ0n) is 19.7. The molecule has 0 saturated carbocycles. The van der Waals surface area contributed by atoms with Crippen molar-refractivity contribution in [3.63, 3.8) is 0 Å². The van der Waals surface area contributed by atoms with Gasteiger partial charge in [-0.05, 0) is 89.9 Å². The van der Waals surface area contributed by atoms with E-state index >= 15 is 0 Å². The molecule has 0 aliphatic carbocycles. The lowest BCUT2D eigenvalue weighted by Gasteiger charge is -2.28. The Morgan fingerprint density at radius 2 is 1.59 bits per heavy atom. The number of carbonyl (C=O) groups is 1. The van der Waals surface area contributed by atoms with Crippen LogP contribution in [0.3, 0.4) is 0 Å². The van der Waals surface area contributed by atoms with Crippen molar-refractivity contribution in [2.75, 3.05) is 10.2 Å². The van der Waals surface area contributed by atoms with Crippen LogP contribution in [-0.4, -0.2) is 33.1 Å². The topological polar surface area (TPSA) is 68.5 Å². The van der Waals surface area contributed by atoms with E-state index in [1.165, 1.54) is 27.9 Å². The van der Waals surface area contributed by atoms with Gasteiger partial charge in [0.25, 0.3) is 5.56 Å². The fourth-order valence-corrected chi connectivity index (χ4v) is 4.51. The summed E-state index contributed by atoms with van der Waals surface area (Å²) in [6, 6.07) is 14.9. The number of fused-ring (bicyclic) bond motifs is 1. The zero-order valence-corrected chi connectivity index (χ0v) is 19.7. The number of ether oxygens (including phenoxy) is 1. The smallest absolute Gasteiger partial charge is 0.434 e. The lowest BCUT2D eigenvalue weighted by atomic mass is 10.2. The third kappa shape index (κ3) is 4.11. The lowest BCUT2D eigenvalue weighted by Crippen LogP contribution is -2.32. The molecular formula is C25H32N4O3. The van der Waals surface area contributed by atoms with Crippen LogP contribution >= 0.6 is 0 Å². The Hall–Kier alpha value is -3.22. The molecule has 2 aromatic carbocycles. The molecule has 0 spiro atoms. The number of benzene rings is 2. The van der Waals surface area contributed by atoms with Gasteiger partial charge in [-0.1, -0.05) is 0 Å². The molecule has 2 atom stereocenters. The van der Waals surface area contributed by atoms with E-state index in [2.05, 4.69) is 48.3 Å². The van der Waals surface area contributed by atoms with Crippen molar-refractivity contribution in [2.45, 2.75) is 65.1 Å². The lowest BCUT2D eigenvalue weighted by molar-refractivity contribution is 0.0503. The molecule has 0 bridgehead atoms. The Morgan fingerprint density at radius 3 is 2.19 bits per heavy atom. The van der Waals surface area contributed by atoms with Gasteiger partial charge in [0.05, 0.1) is 10.9 Å². The Balaban J connectivity index is 1.62. The van der Waals surface area contributed by atoms with Gasteiger partial charge in [0.2, 0.25) is 0 Å². The van der Waals surface area contributed by atoms with Crippen LogP contribution in [-0.2, 0) is 11.8 Å². The number of hydrogen-bond donors (Lipinski definition) is 1. The van der Waals surface area contributed by atoms with E-state index in [1.807, 2.05) is 6.07 Å². The summed E-state index contributed by atoms with van der Waals surface area (Å²) in [4.78, 5) is 27.8. The highest BCUT2D eigenvalue weighted by Gasteiger charge is 2.27. The number of carbonyl (C=O) groups excluding carboxylic acids is 1. The molecule has 1 saturated heterocycles. The van der Waals surface area contributed by atoms with Crippen LogP contribution in [0.5, 0.6) is 0 Å². The fourth-order valence-electron chi connectivity index (χ4n) is 4.51. The Kier molecular flexibility index (Phi) is 5.53. The summed E-state index contributed by atoms with van der Waals surface area (Å²) in [5.41, 5.74) is 2.56. The molecule has 7 nitrogen and oxygen atoms in total. The molecule has 1 aliphatic heterocycles. The van der Waals surface area contributed by atoms with Crippen LogP contribution in [0.2, 0.25) is 0 Å². The average Bonchev–Trinajstić information content (AvgIpc) is 3.17. The Morgan fingerprint density at radius 1 is 1.00 bits per heavy atom. The number of nitrogens with one attached hydrogen (secondary N) is 1. The van der Waals surface area contributed by atoms with Gasteiger partial charge in [0.1, 0.15) is 5.60 Å². The van der Waals surface area contributed by atoms with Gasteiger partial charge >= 0.3 is 6.09 Å². The van der Waals surface area contributed by atoms with E-state index < -0.39 is 11.7 Å². The predicted octanol–water partition coefficient (Wildman–Crippen LogP) is 5.24. The zero-order chi connectivity index (χ0) is 23.2. The molecule has 1 fully saturated rings. The van der Waals surface area contributed by atoms with Crippen LogP contribution in [0.25, 0.3) is 10.9 Å². The van der Waals surface area contributed by atoms with Crippen molar-refractivity contribution >= 4 is 34.1 Å². The average molecular weight is 437 g/mol. The maximum absolute atomic E-state index is 12.8. The van der Waals surface area contributed by atoms with Gasteiger partial charge in [0.15, 0.2) is 0 Å². The summed E-state index contributed by atoms with van der Waals surface area (Å²) in [5, 5.41) is 3.85. The van der Waals surface area contributed by atoms with E-state index in [9.17, 15) is 9.59 Å². The second-order valence-electron chi connectivity index (χ2n) is 9.71. The molecule has 4 rings (SSSR count). The molecule has 0 radical (unpaired) electrons. The SMILES string of the molecule is CC1CCC(C)N1c1ccc(Nc2ccc3c(=O)n(C)n(C(=O)OC(C)(C)C)c3c2)cc1. The van der Waals surface area contributed by atoms with Crippen molar-refractivity contribution < 1.29 is 9.53 Å². The molecule has 1 N–H and O–H groups in total. The first-order chi connectivity index (χ1) is 15.0. The predicted molar refractivity (Wildman–Crippen MR) is 129 cm³/mol. The number of nitrogens with zero attached hydrogens (tertiary/aromatic N) is 3. The summed E-state index contributed by atoms with van der Waals surface area (Å²) in [6.07, 6.45) is 1.86. The Labute approximate surface area is 188 Å². The number of aromatic nitrogens is 2. The van der Waals surface area contributed by atoms with Crippen LogP contribution in [0, 0.1) is 0 Å². The summed E-state index contributed by atoms with van der Waals surface area (Å²) in [5.74, 6) is 0. The van der Waals surface area contributed by atoms with Gasteiger partial charge in [-0.2, -0.15) is 4.68 Å². The van der Waals surface area contributed by atoms with Gasteiger partial charge in [0, 0.05) is 36.2 Å². The second kappa shape index (κ2) is 8.04. The van der Waals surface area contributed by atoms with Crippen molar-refractivity contribution in [1.82, 2.24) is 9.36 Å². The van der Waals surface area contributed by atoms with Gasteiger partial charge < -0.3 is 15.0 Å². The molecule has 3 aromatic rings. The van der Waals surface area contributed by atoms with E-state index in [1.54, 1.807) is 40.0 Å². The normalized spacial score (nSPS) is 18.9. The highest BCUT2D eigenvalue weighted by molar-refractivity contribution is 5.90. The summed E-state index contributed by atoms with van der Waals surface area (Å²) >= 11 is 0. The van der Waals surface area contributed by atoms with Gasteiger partial charge in [-0.15, -0.1) is 0 Å². The summed E-state index contributed by atoms with van der Waals surface area (Å²) < 4.78 is 8.08. The summed E-state index contributed by atoms with van der Waals surface area (Å²) in [6.45, 7) is 9.95. The monoisotopic (exact) mass is 436 g/mol. The van der Waals surface area contributed by atoms with Crippen LogP contribution in [0.4, 0.5) is 21.9 Å². The third-order valence-electron chi connectivity index (χ3n) is 6.02. The highest BCUT2D eigenvalue weighted by atomic mass is 16.6. The second-order valence-corrected chi connectivity index (χ2v) is 9.71. The molecule has 32 heavy (non-hydrogen) atoms. The van der Waals surface area contributed by atoms with E-state index in [0.717, 1.165) is 11.4 Å². The number of rotatable bonds is 3. The number of anilines is 3. The van der Waals surface area contributed by atoms with Crippen LogP contribution in [0.15, 0.2) is 47.3 Å². The van der Waals surface area contributed by atoms with E-state index in [0.29, 0.717) is 23.0 Å². The van der Waals surface area contributed by atoms with Crippen LogP contribution < -0.4 is 15.8 Å². The fraction of sp³-hybridized carbons (Fsp3) is 0.440. The maximum Gasteiger partial charge on any atom is 0.434 e. The highest BCUT2D eigenvalue weighted by Crippen LogP contribution is 2.31. The standard InChI is InChI=1S/C25H32N4O3/c1-16-7-8-17(2)28(16)20-12-9-18(10-13-20)26-19-11-14-21-22(15-19)29(27(6)23(21)30)24(31)32-25(3,4)5/h9-17,26H,7-8H2,1-6H3. The number of hydrogen-bond acceptors (Lipinski definition) is 5. The first kappa shape index (κ1) is 22.0. The van der Waals surface area contributed by atoms with Gasteiger partial charge in [-0.3, -0.25) is 4.79 Å². The van der Waals surface area contributed by atoms with Crippen molar-refractivity contribution in [3.05, 3.63) is 52.8 Å².